The maximum Gasteiger partial charge on any atom is 0.259 e. The summed E-state index contributed by atoms with van der Waals surface area (Å²) < 4.78 is 39.7. The molecule has 1 saturated heterocycles. The van der Waals surface area contributed by atoms with Gasteiger partial charge in [-0.1, -0.05) is 0 Å². The predicted octanol–water partition coefficient (Wildman–Crippen LogP) is 1.54. The van der Waals surface area contributed by atoms with Crippen molar-refractivity contribution in [3.05, 3.63) is 35.1 Å². The van der Waals surface area contributed by atoms with Crippen molar-refractivity contribution in [2.24, 2.45) is 0 Å². The van der Waals surface area contributed by atoms with Gasteiger partial charge in [0.25, 0.3) is 5.91 Å². The Morgan fingerprint density at radius 2 is 1.94 bits per heavy atom. The first-order chi connectivity index (χ1) is 8.52. The van der Waals surface area contributed by atoms with E-state index in [1.54, 1.807) is 7.05 Å². The molecular formula is C12H13F3N2O. The summed E-state index contributed by atoms with van der Waals surface area (Å²) in [6.07, 6.45) is 0.729. The van der Waals surface area contributed by atoms with Crippen molar-refractivity contribution in [1.29, 1.82) is 0 Å². The molecule has 1 atom stereocenters. The van der Waals surface area contributed by atoms with Crippen LogP contribution < -0.4 is 5.32 Å². The average Bonchev–Trinajstić information content (AvgIpc) is 2.75. The molecule has 1 amide bonds. The number of halogens is 3. The van der Waals surface area contributed by atoms with E-state index in [1.807, 2.05) is 0 Å². The molecule has 6 heteroatoms. The maximum atomic E-state index is 13.5. The molecule has 0 aliphatic carbocycles. The monoisotopic (exact) mass is 258 g/mol. The molecule has 0 saturated carbocycles. The maximum absolute atomic E-state index is 13.5. The molecular weight excluding hydrogens is 245 g/mol. The fourth-order valence-corrected chi connectivity index (χ4v) is 2.08. The summed E-state index contributed by atoms with van der Waals surface area (Å²) in [5.41, 5.74) is -0.687. The lowest BCUT2D eigenvalue weighted by atomic mass is 10.1. The van der Waals surface area contributed by atoms with E-state index in [2.05, 4.69) is 5.32 Å². The van der Waals surface area contributed by atoms with E-state index in [0.717, 1.165) is 6.42 Å². The number of carbonyl (C=O) groups is 1. The number of carbonyl (C=O) groups excluding carboxylic acids is 1. The quantitative estimate of drug-likeness (QED) is 0.872. The number of likely N-dealkylation sites (N-methyl/N-ethyl adjacent to an activating group) is 1. The van der Waals surface area contributed by atoms with Gasteiger partial charge in [0.05, 0.1) is 0 Å². The summed E-state index contributed by atoms with van der Waals surface area (Å²) in [7, 11) is 1.76. The SMILES string of the molecule is CNC1CCN(C(=O)c2c(F)cc(F)cc2F)C1. The van der Waals surface area contributed by atoms with Crippen LogP contribution in [0, 0.1) is 17.5 Å². The molecule has 1 aliphatic heterocycles. The molecule has 0 spiro atoms. The van der Waals surface area contributed by atoms with E-state index >= 15 is 0 Å². The lowest BCUT2D eigenvalue weighted by molar-refractivity contribution is 0.0780. The zero-order chi connectivity index (χ0) is 13.3. The third kappa shape index (κ3) is 2.33. The Morgan fingerprint density at radius 3 is 2.44 bits per heavy atom. The highest BCUT2D eigenvalue weighted by Gasteiger charge is 2.29. The number of likely N-dealkylation sites (tertiary alicyclic amines) is 1. The van der Waals surface area contributed by atoms with Crippen molar-refractivity contribution in [3.63, 3.8) is 0 Å². The largest absolute Gasteiger partial charge is 0.337 e. The number of benzene rings is 1. The highest BCUT2D eigenvalue weighted by atomic mass is 19.1. The first kappa shape index (κ1) is 12.9. The highest BCUT2D eigenvalue weighted by molar-refractivity contribution is 5.95. The van der Waals surface area contributed by atoms with E-state index < -0.39 is 28.9 Å². The van der Waals surface area contributed by atoms with Gasteiger partial charge >= 0.3 is 0 Å². The minimum atomic E-state index is -1.16. The standard InChI is InChI=1S/C12H13F3N2O/c1-16-8-2-3-17(6-8)12(18)11-9(14)4-7(13)5-10(11)15/h4-5,8,16H,2-3,6H2,1H3. The molecule has 2 rings (SSSR count). The number of nitrogens with zero attached hydrogens (tertiary/aromatic N) is 1. The fourth-order valence-electron chi connectivity index (χ4n) is 2.08. The molecule has 98 valence electrons. The summed E-state index contributed by atoms with van der Waals surface area (Å²) in [5, 5.41) is 3.00. The van der Waals surface area contributed by atoms with Gasteiger partial charge < -0.3 is 10.2 Å². The molecule has 1 aliphatic rings. The second-order valence-electron chi connectivity index (χ2n) is 4.27. The van der Waals surface area contributed by atoms with Gasteiger partial charge in [-0.25, -0.2) is 13.2 Å². The van der Waals surface area contributed by atoms with Crippen LogP contribution in [0.4, 0.5) is 13.2 Å². The molecule has 18 heavy (non-hydrogen) atoms. The predicted molar refractivity (Wildman–Crippen MR) is 59.7 cm³/mol. The molecule has 0 aromatic heterocycles. The zero-order valence-corrected chi connectivity index (χ0v) is 9.84. The van der Waals surface area contributed by atoms with Gasteiger partial charge in [0.2, 0.25) is 0 Å². The topological polar surface area (TPSA) is 32.3 Å². The molecule has 1 N–H and O–H groups in total. The van der Waals surface area contributed by atoms with Crippen molar-refractivity contribution in [2.75, 3.05) is 20.1 Å². The van der Waals surface area contributed by atoms with Gasteiger partial charge in [-0.05, 0) is 13.5 Å². The van der Waals surface area contributed by atoms with Gasteiger partial charge in [-0.3, -0.25) is 4.79 Å². The third-order valence-electron chi connectivity index (χ3n) is 3.10. The van der Waals surface area contributed by atoms with Gasteiger partial charge in [-0.2, -0.15) is 0 Å². The summed E-state index contributed by atoms with van der Waals surface area (Å²) in [6, 6.07) is 1.16. The second kappa shape index (κ2) is 4.97. The summed E-state index contributed by atoms with van der Waals surface area (Å²) in [4.78, 5) is 13.3. The third-order valence-corrected chi connectivity index (χ3v) is 3.10. The summed E-state index contributed by atoms with van der Waals surface area (Å²) in [5.74, 6) is -4.09. The molecule has 0 radical (unpaired) electrons. The second-order valence-corrected chi connectivity index (χ2v) is 4.27. The zero-order valence-electron chi connectivity index (χ0n) is 9.84. The Hall–Kier alpha value is -1.56. The molecule has 1 fully saturated rings. The van der Waals surface area contributed by atoms with E-state index in [1.165, 1.54) is 4.90 Å². The first-order valence-electron chi connectivity index (χ1n) is 5.64. The van der Waals surface area contributed by atoms with Crippen molar-refractivity contribution in [3.8, 4) is 0 Å². The number of nitrogens with one attached hydrogen (secondary N) is 1. The van der Waals surface area contributed by atoms with Gasteiger partial charge in [0, 0.05) is 31.3 Å². The molecule has 1 aromatic rings. The minimum Gasteiger partial charge on any atom is -0.337 e. The van der Waals surface area contributed by atoms with Gasteiger partial charge in [0.1, 0.15) is 23.0 Å². The van der Waals surface area contributed by atoms with Crippen LogP contribution in [0.5, 0.6) is 0 Å². The Morgan fingerprint density at radius 1 is 1.33 bits per heavy atom. The van der Waals surface area contributed by atoms with Crippen LogP contribution in [0.25, 0.3) is 0 Å². The Kier molecular flexibility index (Phi) is 3.56. The lowest BCUT2D eigenvalue weighted by Crippen LogP contribution is -2.34. The molecule has 3 nitrogen and oxygen atoms in total. The van der Waals surface area contributed by atoms with Crippen molar-refractivity contribution in [1.82, 2.24) is 10.2 Å². The van der Waals surface area contributed by atoms with Gasteiger partial charge in [0.15, 0.2) is 0 Å². The summed E-state index contributed by atoms with van der Waals surface area (Å²) in [6.45, 7) is 0.826. The van der Waals surface area contributed by atoms with E-state index in [9.17, 15) is 18.0 Å². The van der Waals surface area contributed by atoms with Crippen LogP contribution in [0.2, 0.25) is 0 Å². The van der Waals surface area contributed by atoms with Crippen molar-refractivity contribution < 1.29 is 18.0 Å². The molecule has 1 heterocycles. The normalized spacial score (nSPS) is 19.3. The van der Waals surface area contributed by atoms with Crippen LogP contribution in [-0.2, 0) is 0 Å². The van der Waals surface area contributed by atoms with Crippen LogP contribution in [0.15, 0.2) is 12.1 Å². The number of rotatable bonds is 2. The number of hydrogen-bond donors (Lipinski definition) is 1. The van der Waals surface area contributed by atoms with Gasteiger partial charge in [-0.15, -0.1) is 0 Å². The van der Waals surface area contributed by atoms with E-state index in [0.29, 0.717) is 25.2 Å². The van der Waals surface area contributed by atoms with E-state index in [-0.39, 0.29) is 6.04 Å². The minimum absolute atomic E-state index is 0.125. The fraction of sp³-hybridized carbons (Fsp3) is 0.417. The Bertz CT molecular complexity index is 455. The molecule has 0 bridgehead atoms. The van der Waals surface area contributed by atoms with Crippen LogP contribution in [0.1, 0.15) is 16.8 Å². The average molecular weight is 258 g/mol. The lowest BCUT2D eigenvalue weighted by Gasteiger charge is -2.17. The number of amides is 1. The highest BCUT2D eigenvalue weighted by Crippen LogP contribution is 2.19. The number of hydrogen-bond acceptors (Lipinski definition) is 2. The Balaban J connectivity index is 2.25. The molecule has 1 unspecified atom stereocenters. The Labute approximate surface area is 103 Å². The van der Waals surface area contributed by atoms with Crippen LogP contribution >= 0.6 is 0 Å². The van der Waals surface area contributed by atoms with E-state index in [4.69, 9.17) is 0 Å². The molecule has 1 aromatic carbocycles. The summed E-state index contributed by atoms with van der Waals surface area (Å²) >= 11 is 0. The van der Waals surface area contributed by atoms with Crippen molar-refractivity contribution >= 4 is 5.91 Å². The first-order valence-corrected chi connectivity index (χ1v) is 5.64. The smallest absolute Gasteiger partial charge is 0.259 e. The van der Waals surface area contributed by atoms with Crippen molar-refractivity contribution in [2.45, 2.75) is 12.5 Å². The van der Waals surface area contributed by atoms with Crippen LogP contribution in [-0.4, -0.2) is 37.0 Å². The van der Waals surface area contributed by atoms with Crippen LogP contribution in [0.3, 0.4) is 0 Å².